The van der Waals surface area contributed by atoms with E-state index in [1.54, 1.807) is 6.07 Å². The zero-order chi connectivity index (χ0) is 13.9. The first-order chi connectivity index (χ1) is 9.70. The summed E-state index contributed by atoms with van der Waals surface area (Å²) in [5, 5.41) is 11.8. The van der Waals surface area contributed by atoms with Crippen LogP contribution in [0.4, 0.5) is 0 Å². The number of rotatable bonds is 3. The molecule has 0 aliphatic carbocycles. The van der Waals surface area contributed by atoms with Crippen molar-refractivity contribution >= 4 is 20.6 Å². The van der Waals surface area contributed by atoms with Crippen molar-refractivity contribution in [2.45, 2.75) is 19.4 Å². The lowest BCUT2D eigenvalue weighted by Gasteiger charge is -2.09. The molecule has 0 amide bonds. The van der Waals surface area contributed by atoms with Gasteiger partial charge in [0.25, 0.3) is 0 Å². The minimum absolute atomic E-state index is 0.0300. The lowest BCUT2D eigenvalue weighted by Crippen LogP contribution is -1.97. The van der Waals surface area contributed by atoms with Crippen LogP contribution in [0.1, 0.15) is 23.8 Å². The van der Waals surface area contributed by atoms with E-state index in [9.17, 15) is 0 Å². The van der Waals surface area contributed by atoms with Gasteiger partial charge in [0.05, 0.1) is 5.69 Å². The van der Waals surface area contributed by atoms with Gasteiger partial charge in [0.2, 0.25) is 5.88 Å². The summed E-state index contributed by atoms with van der Waals surface area (Å²) < 4.78 is 6.45. The Morgan fingerprint density at radius 2 is 1.95 bits per heavy atom. The number of benzene rings is 1. The number of aromatic nitrogens is 2. The Labute approximate surface area is 124 Å². The molecule has 2 aromatic rings. The monoisotopic (exact) mass is 333 g/mol. The number of oxime groups is 1. The predicted molar refractivity (Wildman–Crippen MR) is 78.1 cm³/mol. The Balaban J connectivity index is 1.68. The normalized spacial score (nSPS) is 17.5. The van der Waals surface area contributed by atoms with Gasteiger partial charge in [-0.3, -0.25) is 0 Å². The van der Waals surface area contributed by atoms with Gasteiger partial charge in [0.1, 0.15) is 10.4 Å². The number of ether oxygens (including phenoxy) is 1. The van der Waals surface area contributed by atoms with Crippen LogP contribution in [0.5, 0.6) is 11.6 Å². The van der Waals surface area contributed by atoms with Crippen LogP contribution >= 0.6 is 15.9 Å². The van der Waals surface area contributed by atoms with Gasteiger partial charge in [-0.15, -0.1) is 5.10 Å². The Bertz CT molecular complexity index is 626. The zero-order valence-corrected chi connectivity index (χ0v) is 12.4. The smallest absolute Gasteiger partial charge is 0.238 e. The highest BCUT2D eigenvalue weighted by Gasteiger charge is 2.21. The molecular formula is C14H12BrN3O2. The summed E-state index contributed by atoms with van der Waals surface area (Å²) in [6.45, 7) is 1.88. The first-order valence-corrected chi connectivity index (χ1v) is 6.96. The number of aryl methyl sites for hydroxylation is 1. The highest BCUT2D eigenvalue weighted by molar-refractivity contribution is 9.18. The van der Waals surface area contributed by atoms with Crippen molar-refractivity contribution in [3.05, 3.63) is 47.7 Å². The van der Waals surface area contributed by atoms with Crippen molar-refractivity contribution in [1.29, 1.82) is 0 Å². The van der Waals surface area contributed by atoms with Crippen molar-refractivity contribution in [1.82, 2.24) is 10.2 Å². The molecule has 0 bridgehead atoms. The van der Waals surface area contributed by atoms with Gasteiger partial charge < -0.3 is 9.57 Å². The number of hydrogen-bond acceptors (Lipinski definition) is 5. The van der Waals surface area contributed by atoms with Gasteiger partial charge in [-0.1, -0.05) is 17.3 Å². The molecule has 20 heavy (non-hydrogen) atoms. The molecule has 5 nitrogen and oxygen atoms in total. The fraction of sp³-hybridized carbons (Fsp3) is 0.214. The third-order valence-electron chi connectivity index (χ3n) is 2.88. The standard InChI is InChI=1S/C14H12BrN3O2/c1-9-2-7-14(17-16-9)19-11-5-3-10(4-6-11)12-8-13(15)18-20-12/h2-7,12H,8H2,1H3. The highest BCUT2D eigenvalue weighted by Crippen LogP contribution is 2.30. The predicted octanol–water partition coefficient (Wildman–Crippen LogP) is 3.75. The maximum absolute atomic E-state index is 5.62. The lowest BCUT2D eigenvalue weighted by molar-refractivity contribution is 0.0857. The third-order valence-corrected chi connectivity index (χ3v) is 3.35. The molecule has 0 saturated heterocycles. The average Bonchev–Trinajstić information content (AvgIpc) is 2.89. The molecular weight excluding hydrogens is 322 g/mol. The van der Waals surface area contributed by atoms with E-state index in [0.717, 1.165) is 22.3 Å². The molecule has 0 N–H and O–H groups in total. The molecule has 1 unspecified atom stereocenters. The molecule has 0 saturated carbocycles. The van der Waals surface area contributed by atoms with Crippen LogP contribution in [0.25, 0.3) is 0 Å². The SMILES string of the molecule is Cc1ccc(Oc2ccc(C3CC(Br)=NO3)cc2)nn1. The molecule has 0 spiro atoms. The van der Waals surface area contributed by atoms with Crippen molar-refractivity contribution < 1.29 is 9.57 Å². The van der Waals surface area contributed by atoms with Crippen LogP contribution in [0.15, 0.2) is 41.6 Å². The second-order valence-electron chi connectivity index (χ2n) is 4.45. The third kappa shape index (κ3) is 2.96. The molecule has 3 rings (SSSR count). The van der Waals surface area contributed by atoms with E-state index < -0.39 is 0 Å². The Morgan fingerprint density at radius 1 is 1.15 bits per heavy atom. The van der Waals surface area contributed by atoms with E-state index in [2.05, 4.69) is 31.3 Å². The van der Waals surface area contributed by atoms with Gasteiger partial charge in [-0.05, 0) is 46.6 Å². The first-order valence-electron chi connectivity index (χ1n) is 6.17. The van der Waals surface area contributed by atoms with E-state index >= 15 is 0 Å². The summed E-state index contributed by atoms with van der Waals surface area (Å²) in [5.41, 5.74) is 1.92. The topological polar surface area (TPSA) is 56.6 Å². The Hall–Kier alpha value is -1.95. The van der Waals surface area contributed by atoms with E-state index in [4.69, 9.17) is 9.57 Å². The fourth-order valence-corrected chi connectivity index (χ4v) is 2.22. The van der Waals surface area contributed by atoms with Gasteiger partial charge in [-0.25, -0.2) is 0 Å². The van der Waals surface area contributed by atoms with Crippen molar-refractivity contribution in [3.63, 3.8) is 0 Å². The number of nitrogens with zero attached hydrogens (tertiary/aromatic N) is 3. The summed E-state index contributed by atoms with van der Waals surface area (Å²) in [5.74, 6) is 1.19. The summed E-state index contributed by atoms with van der Waals surface area (Å²) in [6.07, 6.45) is 0.724. The molecule has 6 heteroatoms. The van der Waals surface area contributed by atoms with Crippen LogP contribution in [0.3, 0.4) is 0 Å². The zero-order valence-electron chi connectivity index (χ0n) is 10.8. The fourth-order valence-electron chi connectivity index (χ4n) is 1.84. The van der Waals surface area contributed by atoms with Crippen LogP contribution < -0.4 is 4.74 Å². The maximum atomic E-state index is 5.62. The summed E-state index contributed by atoms with van der Waals surface area (Å²) in [4.78, 5) is 5.30. The molecule has 2 heterocycles. The maximum Gasteiger partial charge on any atom is 0.238 e. The lowest BCUT2D eigenvalue weighted by atomic mass is 10.1. The second-order valence-corrected chi connectivity index (χ2v) is 5.37. The van der Waals surface area contributed by atoms with Crippen molar-refractivity contribution in [2.75, 3.05) is 0 Å². The van der Waals surface area contributed by atoms with Crippen LogP contribution in [0, 0.1) is 6.92 Å². The van der Waals surface area contributed by atoms with E-state index in [1.807, 2.05) is 37.3 Å². The summed E-state index contributed by atoms with van der Waals surface area (Å²) in [7, 11) is 0. The Kier molecular flexibility index (Phi) is 3.64. The van der Waals surface area contributed by atoms with Gasteiger partial charge in [-0.2, -0.15) is 5.10 Å². The van der Waals surface area contributed by atoms with Gasteiger partial charge in [0, 0.05) is 12.5 Å². The van der Waals surface area contributed by atoms with E-state index in [-0.39, 0.29) is 6.10 Å². The minimum atomic E-state index is -0.0300. The van der Waals surface area contributed by atoms with E-state index in [1.165, 1.54) is 0 Å². The molecule has 0 fully saturated rings. The van der Waals surface area contributed by atoms with Crippen LogP contribution in [-0.2, 0) is 4.84 Å². The second kappa shape index (κ2) is 5.58. The minimum Gasteiger partial charge on any atom is -0.438 e. The van der Waals surface area contributed by atoms with Gasteiger partial charge in [0.15, 0.2) is 6.10 Å². The molecule has 1 atom stereocenters. The van der Waals surface area contributed by atoms with E-state index in [0.29, 0.717) is 11.6 Å². The molecule has 1 aromatic heterocycles. The van der Waals surface area contributed by atoms with Crippen LogP contribution in [0.2, 0.25) is 0 Å². The van der Waals surface area contributed by atoms with Crippen molar-refractivity contribution in [2.24, 2.45) is 5.16 Å². The highest BCUT2D eigenvalue weighted by atomic mass is 79.9. The van der Waals surface area contributed by atoms with Crippen LogP contribution in [-0.4, -0.2) is 14.8 Å². The molecule has 1 aliphatic heterocycles. The summed E-state index contributed by atoms with van der Waals surface area (Å²) in [6, 6.07) is 11.3. The first kappa shape index (κ1) is 13.1. The van der Waals surface area contributed by atoms with Gasteiger partial charge >= 0.3 is 0 Å². The molecule has 0 radical (unpaired) electrons. The number of hydrogen-bond donors (Lipinski definition) is 0. The largest absolute Gasteiger partial charge is 0.438 e. The molecule has 102 valence electrons. The summed E-state index contributed by atoms with van der Waals surface area (Å²) >= 11 is 3.33. The number of halogens is 1. The molecule has 1 aliphatic rings. The molecule has 1 aromatic carbocycles. The average molecular weight is 334 g/mol. The quantitative estimate of drug-likeness (QED) is 0.858. The van der Waals surface area contributed by atoms with Crippen molar-refractivity contribution in [3.8, 4) is 11.6 Å². The Morgan fingerprint density at radius 3 is 2.55 bits per heavy atom.